The summed E-state index contributed by atoms with van der Waals surface area (Å²) in [6.07, 6.45) is 7.31. The summed E-state index contributed by atoms with van der Waals surface area (Å²) in [5.74, 6) is 1.21. The Balaban J connectivity index is 0.00000235. The summed E-state index contributed by atoms with van der Waals surface area (Å²) in [4.78, 5) is 20.7. The molecule has 2 unspecified atom stereocenters. The number of H-pyrrole nitrogens is 1. The maximum Gasteiger partial charge on any atom is 0.277 e. The van der Waals surface area contributed by atoms with E-state index >= 15 is 0 Å². The second kappa shape index (κ2) is 15.8. The molecule has 208 valence electrons. The van der Waals surface area contributed by atoms with Crippen LogP contribution in [0.3, 0.4) is 0 Å². The van der Waals surface area contributed by atoms with Gasteiger partial charge in [0.1, 0.15) is 22.3 Å². The van der Waals surface area contributed by atoms with Gasteiger partial charge in [0.15, 0.2) is 5.52 Å². The lowest BCUT2D eigenvalue weighted by atomic mass is 10.1. The molecule has 3 rings (SSSR count). The number of fused-ring (bicyclic) bond motifs is 1. The number of nitrogens with one attached hydrogen (secondary N) is 1. The molecule has 0 aromatic carbocycles. The first-order valence-corrected chi connectivity index (χ1v) is 14.3. The highest BCUT2D eigenvalue weighted by atomic mass is 32.2. The highest BCUT2D eigenvalue weighted by Gasteiger charge is 2.26. The van der Waals surface area contributed by atoms with Crippen LogP contribution in [0.5, 0.6) is 0 Å². The molecule has 2 heterocycles. The molecule has 10 nitrogen and oxygen atoms in total. The Hall–Kier alpha value is -2.34. The van der Waals surface area contributed by atoms with Crippen molar-refractivity contribution in [2.45, 2.75) is 65.0 Å². The van der Waals surface area contributed by atoms with Crippen LogP contribution in [0.4, 0.5) is 0 Å². The topological polar surface area (TPSA) is 123 Å². The zero-order chi connectivity index (χ0) is 27.4. The summed E-state index contributed by atoms with van der Waals surface area (Å²) < 4.78 is 27.9. The van der Waals surface area contributed by atoms with Crippen molar-refractivity contribution >= 4 is 27.6 Å². The van der Waals surface area contributed by atoms with E-state index in [2.05, 4.69) is 17.0 Å². The number of aryl methyl sites for hydroxylation is 2. The van der Waals surface area contributed by atoms with Gasteiger partial charge in [0, 0.05) is 33.7 Å². The molecule has 11 heteroatoms. The van der Waals surface area contributed by atoms with Gasteiger partial charge < -0.3 is 19.6 Å². The van der Waals surface area contributed by atoms with Gasteiger partial charge in [0.05, 0.1) is 36.5 Å². The summed E-state index contributed by atoms with van der Waals surface area (Å²) in [7, 11) is 1.91. The molecule has 2 N–H and O–H groups in total. The van der Waals surface area contributed by atoms with E-state index in [-0.39, 0.29) is 24.0 Å². The first kappa shape index (κ1) is 30.9. The van der Waals surface area contributed by atoms with E-state index in [0.717, 1.165) is 36.3 Å². The number of nitrogens with zero attached hydrogens (tertiary/aromatic N) is 4. The van der Waals surface area contributed by atoms with E-state index < -0.39 is 11.0 Å². The molecule has 2 atom stereocenters. The van der Waals surface area contributed by atoms with E-state index in [1.54, 1.807) is 23.1 Å². The van der Waals surface area contributed by atoms with Crippen molar-refractivity contribution in [3.63, 3.8) is 0 Å². The average Bonchev–Trinajstić information content (AvgIpc) is 3.08. The molecular weight excluding hydrogens is 494 g/mol. The molecule has 2 aromatic heterocycles. The van der Waals surface area contributed by atoms with Gasteiger partial charge in [-0.25, -0.2) is 13.5 Å². The highest BCUT2D eigenvalue weighted by molar-refractivity contribution is 7.83. The number of methoxy groups -OCH3 is 1. The van der Waals surface area contributed by atoms with E-state index in [4.69, 9.17) is 14.5 Å². The van der Waals surface area contributed by atoms with Crippen molar-refractivity contribution in [3.05, 3.63) is 39.8 Å². The average molecular weight is 538 g/mol. The summed E-state index contributed by atoms with van der Waals surface area (Å²) in [6.45, 7) is 9.68. The van der Waals surface area contributed by atoms with Gasteiger partial charge in [-0.05, 0) is 30.9 Å². The Morgan fingerprint density at radius 3 is 2.65 bits per heavy atom. The van der Waals surface area contributed by atoms with Crippen molar-refractivity contribution in [1.29, 1.82) is 0 Å². The fourth-order valence-corrected chi connectivity index (χ4v) is 5.54. The lowest BCUT2D eigenvalue weighted by Crippen LogP contribution is -2.37. The molecule has 37 heavy (non-hydrogen) atoms. The third-order valence-corrected chi connectivity index (χ3v) is 7.50. The van der Waals surface area contributed by atoms with Crippen LogP contribution < -0.4 is 5.56 Å². The van der Waals surface area contributed by atoms with Crippen molar-refractivity contribution in [2.75, 3.05) is 40.0 Å². The quantitative estimate of drug-likeness (QED) is 0.403. The molecule has 0 fully saturated rings. The fourth-order valence-electron chi connectivity index (χ4n) is 4.10. The number of aliphatic hydroxyl groups excluding tert-OH is 1. The summed E-state index contributed by atoms with van der Waals surface area (Å²) in [6, 6.07) is 0. The number of aromatic amines is 1. The summed E-state index contributed by atoms with van der Waals surface area (Å²) in [5.41, 5.74) is 2.32. The minimum absolute atomic E-state index is 0.105. The molecule has 0 saturated heterocycles. The molecule has 0 amide bonds. The van der Waals surface area contributed by atoms with Crippen LogP contribution in [0.15, 0.2) is 22.7 Å². The zero-order valence-corrected chi connectivity index (χ0v) is 23.9. The molecule has 0 aliphatic heterocycles. The van der Waals surface area contributed by atoms with Gasteiger partial charge in [-0.1, -0.05) is 40.2 Å². The standard InChI is InChI=1S/C24H37N5O5S.C2H6/c1-5-7-20-21-22(28(3)27-20)24(31)26-23(25-21)17-15-18(34-13-6-2)8-9-19(16-17)35(32)29(10-12-30)11-14-33-4;1-2/h8,16,19,30H,5-7,9-15H2,1-4H3,(H,25,26,31);1-2H3. The van der Waals surface area contributed by atoms with E-state index in [9.17, 15) is 14.1 Å². The van der Waals surface area contributed by atoms with Crippen molar-refractivity contribution in [2.24, 2.45) is 7.05 Å². The molecule has 0 radical (unpaired) electrons. The molecule has 0 saturated carbocycles. The maximum absolute atomic E-state index is 13.5. The first-order valence-electron chi connectivity index (χ1n) is 13.2. The van der Waals surface area contributed by atoms with Gasteiger partial charge in [-0.15, -0.1) is 0 Å². The Kier molecular flexibility index (Phi) is 13.2. The molecule has 2 aromatic rings. The Labute approximate surface area is 222 Å². The van der Waals surface area contributed by atoms with Crippen LogP contribution in [-0.2, 0) is 33.9 Å². The first-order chi connectivity index (χ1) is 17.9. The molecule has 0 bridgehead atoms. The predicted octanol–water partition coefficient (Wildman–Crippen LogP) is 3.10. The lowest BCUT2D eigenvalue weighted by molar-refractivity contribution is 0.171. The van der Waals surface area contributed by atoms with Gasteiger partial charge in [0.2, 0.25) is 0 Å². The molecule has 1 aliphatic carbocycles. The maximum atomic E-state index is 13.5. The number of allylic oxidation sites excluding steroid dienone is 2. The lowest BCUT2D eigenvalue weighted by Gasteiger charge is -2.23. The SMILES string of the molecule is CC.CCCOC1=CCC(S(=O)N(CCO)CCOC)C=C(c2nc3c(CCC)nn(C)c3c(=O)[nH]2)C1. The zero-order valence-electron chi connectivity index (χ0n) is 23.1. The Bertz CT molecular complexity index is 1140. The Morgan fingerprint density at radius 2 is 2.00 bits per heavy atom. The normalized spacial score (nSPS) is 16.6. The fraction of sp³-hybridized carbons (Fsp3) is 0.654. The minimum Gasteiger partial charge on any atom is -0.498 e. The third kappa shape index (κ3) is 8.07. The number of hydrogen-bond donors (Lipinski definition) is 2. The second-order valence-corrected chi connectivity index (χ2v) is 10.2. The summed E-state index contributed by atoms with van der Waals surface area (Å²) >= 11 is 0. The van der Waals surface area contributed by atoms with Crippen molar-refractivity contribution in [3.8, 4) is 0 Å². The number of hydrogen-bond acceptors (Lipinski definition) is 7. The number of aromatic nitrogens is 4. The minimum atomic E-state index is -1.43. The van der Waals surface area contributed by atoms with Crippen molar-refractivity contribution in [1.82, 2.24) is 24.1 Å². The molecule has 1 aliphatic rings. The number of aliphatic hydroxyl groups is 1. The Morgan fingerprint density at radius 1 is 1.24 bits per heavy atom. The predicted molar refractivity (Wildman–Crippen MR) is 148 cm³/mol. The van der Waals surface area contributed by atoms with E-state index in [0.29, 0.717) is 49.5 Å². The highest BCUT2D eigenvalue weighted by Crippen LogP contribution is 2.29. The van der Waals surface area contributed by atoms with Crippen LogP contribution in [-0.4, -0.2) is 78.6 Å². The summed E-state index contributed by atoms with van der Waals surface area (Å²) in [5, 5.41) is 13.6. The smallest absolute Gasteiger partial charge is 0.277 e. The van der Waals surface area contributed by atoms with Crippen LogP contribution in [0.2, 0.25) is 0 Å². The van der Waals surface area contributed by atoms with Crippen LogP contribution in [0.1, 0.15) is 64.9 Å². The largest absolute Gasteiger partial charge is 0.498 e. The van der Waals surface area contributed by atoms with E-state index in [1.165, 1.54) is 0 Å². The molecular formula is C26H43N5O5S. The van der Waals surface area contributed by atoms with Gasteiger partial charge in [-0.2, -0.15) is 5.10 Å². The van der Waals surface area contributed by atoms with Gasteiger partial charge in [0.25, 0.3) is 5.56 Å². The van der Waals surface area contributed by atoms with Crippen LogP contribution in [0.25, 0.3) is 16.6 Å². The van der Waals surface area contributed by atoms with Crippen LogP contribution >= 0.6 is 0 Å². The van der Waals surface area contributed by atoms with Gasteiger partial charge >= 0.3 is 0 Å². The van der Waals surface area contributed by atoms with Crippen LogP contribution in [0, 0.1) is 0 Å². The third-order valence-electron chi connectivity index (χ3n) is 5.78. The monoisotopic (exact) mass is 537 g/mol. The number of rotatable bonds is 13. The van der Waals surface area contributed by atoms with Gasteiger partial charge in [-0.3, -0.25) is 9.48 Å². The van der Waals surface area contributed by atoms with Crippen molar-refractivity contribution < 1.29 is 18.8 Å². The van der Waals surface area contributed by atoms with E-state index in [1.807, 2.05) is 32.9 Å². The number of ether oxygens (including phenoxy) is 2. The second-order valence-electron chi connectivity index (χ2n) is 8.52. The molecule has 0 spiro atoms.